The largest absolute Gasteiger partial charge is 0.438 e. The number of anilines is 1. The van der Waals surface area contributed by atoms with E-state index in [-0.39, 0.29) is 27.9 Å². The van der Waals surface area contributed by atoms with Gasteiger partial charge >= 0.3 is 0 Å². The number of carbonyl (C=O) groups excluding carboxylic acids is 1. The Morgan fingerprint density at radius 3 is 2.47 bits per heavy atom. The molecule has 0 saturated carbocycles. The molecule has 0 spiro atoms. The number of hydrogen-bond acceptors (Lipinski definition) is 7. The summed E-state index contributed by atoms with van der Waals surface area (Å²) in [6.45, 7) is 4.27. The highest BCUT2D eigenvalue weighted by molar-refractivity contribution is 7.89. The minimum Gasteiger partial charge on any atom is -0.438 e. The Balaban J connectivity index is 1.72. The summed E-state index contributed by atoms with van der Waals surface area (Å²) in [6, 6.07) is 8.59. The number of amides is 1. The molecule has 0 radical (unpaired) electrons. The normalized spacial score (nSPS) is 14.1. The van der Waals surface area contributed by atoms with E-state index in [2.05, 4.69) is 10.4 Å². The van der Waals surface area contributed by atoms with Gasteiger partial charge in [0.25, 0.3) is 11.6 Å². The number of nitro groups is 1. The quantitative estimate of drug-likeness (QED) is 0.351. The summed E-state index contributed by atoms with van der Waals surface area (Å²) in [6.07, 6.45) is 1.39. The van der Waals surface area contributed by atoms with Crippen molar-refractivity contribution in [2.45, 2.75) is 38.1 Å². The Kier molecular flexibility index (Phi) is 7.04. The van der Waals surface area contributed by atoms with Gasteiger partial charge in [-0.25, -0.2) is 17.5 Å². The number of sulfonamides is 1. The van der Waals surface area contributed by atoms with Crippen LogP contribution in [0.4, 0.5) is 15.8 Å². The highest BCUT2D eigenvalue weighted by Crippen LogP contribution is 2.36. The third-order valence-electron chi connectivity index (χ3n) is 5.78. The van der Waals surface area contributed by atoms with E-state index < -0.39 is 26.7 Å². The van der Waals surface area contributed by atoms with Crippen molar-refractivity contribution in [3.05, 3.63) is 69.7 Å². The van der Waals surface area contributed by atoms with Crippen LogP contribution in [0.1, 0.15) is 35.8 Å². The van der Waals surface area contributed by atoms with Gasteiger partial charge < -0.3 is 10.1 Å². The zero-order valence-electron chi connectivity index (χ0n) is 19.6. The van der Waals surface area contributed by atoms with Crippen molar-refractivity contribution in [3.8, 4) is 11.6 Å². The molecule has 0 bridgehead atoms. The van der Waals surface area contributed by atoms with Crippen molar-refractivity contribution in [2.75, 3.05) is 18.4 Å². The number of non-ortho nitro benzene ring substituents is 1. The standard InChI is InChI=1S/C23H24FN5O6S/c1-3-28-23(15(2)21(26-28)22(30)25-17-8-6-16(24)7-9-17)35-19-11-10-18(29(31)32)14-20(19)36(33,34)27-12-4-5-13-27/h6-11,14H,3-5,12-13H2,1-2H3,(H,25,30). The lowest BCUT2D eigenvalue weighted by atomic mass is 10.2. The third kappa shape index (κ3) is 4.93. The molecule has 3 aromatic rings. The maximum atomic E-state index is 13.3. The van der Waals surface area contributed by atoms with E-state index in [9.17, 15) is 27.7 Å². The fraction of sp³-hybridized carbons (Fsp3) is 0.304. The van der Waals surface area contributed by atoms with Crippen molar-refractivity contribution in [1.82, 2.24) is 14.1 Å². The number of nitrogens with one attached hydrogen (secondary N) is 1. The minimum atomic E-state index is -4.07. The first-order chi connectivity index (χ1) is 17.1. The number of benzene rings is 2. The molecule has 1 fully saturated rings. The zero-order chi connectivity index (χ0) is 26.0. The topological polar surface area (TPSA) is 137 Å². The number of aromatic nitrogens is 2. The number of ether oxygens (including phenoxy) is 1. The molecule has 1 N–H and O–H groups in total. The molecular weight excluding hydrogens is 493 g/mol. The van der Waals surface area contributed by atoms with Gasteiger partial charge in [0.05, 0.1) is 4.92 Å². The molecule has 1 aliphatic heterocycles. The molecule has 11 nitrogen and oxygen atoms in total. The molecule has 0 unspecified atom stereocenters. The molecule has 0 aliphatic carbocycles. The van der Waals surface area contributed by atoms with Crippen LogP contribution in [-0.2, 0) is 16.6 Å². The number of rotatable bonds is 8. The van der Waals surface area contributed by atoms with Crippen LogP contribution in [0.3, 0.4) is 0 Å². The Morgan fingerprint density at radius 2 is 1.86 bits per heavy atom. The van der Waals surface area contributed by atoms with Crippen molar-refractivity contribution in [3.63, 3.8) is 0 Å². The Bertz CT molecular complexity index is 1420. The smallest absolute Gasteiger partial charge is 0.276 e. The summed E-state index contributed by atoms with van der Waals surface area (Å²) in [5, 5.41) is 18.3. The summed E-state index contributed by atoms with van der Waals surface area (Å²) >= 11 is 0. The Labute approximate surface area is 206 Å². The van der Waals surface area contributed by atoms with Crippen molar-refractivity contribution >= 4 is 27.3 Å². The number of nitro benzene ring substituents is 1. The fourth-order valence-electron chi connectivity index (χ4n) is 3.89. The van der Waals surface area contributed by atoms with E-state index in [4.69, 9.17) is 4.74 Å². The highest BCUT2D eigenvalue weighted by Gasteiger charge is 2.33. The average molecular weight is 518 g/mol. The zero-order valence-corrected chi connectivity index (χ0v) is 20.4. The van der Waals surface area contributed by atoms with Crippen LogP contribution in [0.25, 0.3) is 0 Å². The second-order valence-electron chi connectivity index (χ2n) is 8.16. The van der Waals surface area contributed by atoms with E-state index in [1.54, 1.807) is 13.8 Å². The van der Waals surface area contributed by atoms with E-state index in [1.165, 1.54) is 39.3 Å². The summed E-state index contributed by atoms with van der Waals surface area (Å²) in [5.74, 6) is -1.01. The lowest BCUT2D eigenvalue weighted by molar-refractivity contribution is -0.385. The maximum Gasteiger partial charge on any atom is 0.276 e. The number of nitrogens with zero attached hydrogens (tertiary/aromatic N) is 4. The van der Waals surface area contributed by atoms with E-state index >= 15 is 0 Å². The highest BCUT2D eigenvalue weighted by atomic mass is 32.2. The molecule has 1 aliphatic rings. The second kappa shape index (κ2) is 10.0. The molecule has 2 aromatic carbocycles. The summed E-state index contributed by atoms with van der Waals surface area (Å²) in [4.78, 5) is 23.2. The maximum absolute atomic E-state index is 13.3. The van der Waals surface area contributed by atoms with Gasteiger partial charge in [0.15, 0.2) is 5.69 Å². The van der Waals surface area contributed by atoms with E-state index in [0.717, 1.165) is 12.1 Å². The van der Waals surface area contributed by atoms with Crippen LogP contribution in [0.15, 0.2) is 47.4 Å². The molecule has 2 heterocycles. The van der Waals surface area contributed by atoms with Crippen LogP contribution < -0.4 is 10.1 Å². The van der Waals surface area contributed by atoms with Crippen LogP contribution in [-0.4, -0.2) is 46.4 Å². The van der Waals surface area contributed by atoms with Crippen LogP contribution in [0, 0.1) is 22.9 Å². The Morgan fingerprint density at radius 1 is 1.19 bits per heavy atom. The Hall–Kier alpha value is -3.84. The summed E-state index contributed by atoms with van der Waals surface area (Å²) < 4.78 is 48.4. The van der Waals surface area contributed by atoms with Crippen LogP contribution >= 0.6 is 0 Å². The van der Waals surface area contributed by atoms with Gasteiger partial charge in [-0.2, -0.15) is 9.40 Å². The second-order valence-corrected chi connectivity index (χ2v) is 10.1. The molecule has 1 saturated heterocycles. The number of aryl methyl sites for hydroxylation is 1. The summed E-state index contributed by atoms with van der Waals surface area (Å²) in [5.41, 5.74) is 0.338. The SMILES string of the molecule is CCn1nc(C(=O)Nc2ccc(F)cc2)c(C)c1Oc1ccc([N+](=O)[O-])cc1S(=O)(=O)N1CCCC1. The molecule has 1 aromatic heterocycles. The lowest BCUT2D eigenvalue weighted by Gasteiger charge is -2.18. The molecule has 1 amide bonds. The van der Waals surface area contributed by atoms with Gasteiger partial charge in [0.1, 0.15) is 16.5 Å². The average Bonchev–Trinajstić information content (AvgIpc) is 3.50. The minimum absolute atomic E-state index is 0.0297. The number of halogens is 1. The predicted octanol–water partition coefficient (Wildman–Crippen LogP) is 4.09. The van der Waals surface area contributed by atoms with Crippen molar-refractivity contribution in [1.29, 1.82) is 0 Å². The van der Waals surface area contributed by atoms with Crippen molar-refractivity contribution < 1.29 is 27.3 Å². The van der Waals surface area contributed by atoms with Crippen LogP contribution in [0.5, 0.6) is 11.6 Å². The van der Waals surface area contributed by atoms with Crippen molar-refractivity contribution in [2.24, 2.45) is 0 Å². The molecule has 13 heteroatoms. The summed E-state index contributed by atoms with van der Waals surface area (Å²) in [7, 11) is -4.07. The van der Waals surface area contributed by atoms with Gasteiger partial charge in [-0.3, -0.25) is 14.9 Å². The molecule has 0 atom stereocenters. The predicted molar refractivity (Wildman–Crippen MR) is 128 cm³/mol. The first kappa shape index (κ1) is 25.3. The van der Waals surface area contributed by atoms with Gasteiger partial charge in [0.2, 0.25) is 15.9 Å². The molecule has 4 rings (SSSR count). The molecular formula is C23H24FN5O6S. The first-order valence-corrected chi connectivity index (χ1v) is 12.7. The van der Waals surface area contributed by atoms with Crippen LogP contribution in [0.2, 0.25) is 0 Å². The van der Waals surface area contributed by atoms with Gasteiger partial charge in [-0.05, 0) is 57.0 Å². The first-order valence-electron chi connectivity index (χ1n) is 11.2. The fourth-order valence-corrected chi connectivity index (χ4v) is 5.54. The molecule has 190 valence electrons. The van der Waals surface area contributed by atoms with E-state index in [0.29, 0.717) is 43.7 Å². The monoisotopic (exact) mass is 517 g/mol. The lowest BCUT2D eigenvalue weighted by Crippen LogP contribution is -2.28. The van der Waals surface area contributed by atoms with Gasteiger partial charge in [-0.15, -0.1) is 0 Å². The number of hydrogen-bond donors (Lipinski definition) is 1. The third-order valence-corrected chi connectivity index (χ3v) is 7.70. The number of carbonyl (C=O) groups is 1. The van der Waals surface area contributed by atoms with Gasteiger partial charge in [-0.1, -0.05) is 0 Å². The van der Waals surface area contributed by atoms with Gasteiger partial charge in [0, 0.05) is 43.0 Å². The molecule has 36 heavy (non-hydrogen) atoms. The van der Waals surface area contributed by atoms with E-state index in [1.807, 2.05) is 0 Å².